The van der Waals surface area contributed by atoms with Gasteiger partial charge in [-0.2, -0.15) is 15.2 Å². The van der Waals surface area contributed by atoms with Crippen molar-refractivity contribution in [2.24, 2.45) is 7.05 Å². The summed E-state index contributed by atoms with van der Waals surface area (Å²) in [6.07, 6.45) is 5.62. The molecule has 0 aliphatic carbocycles. The molecule has 174 valence electrons. The molecule has 33 heavy (non-hydrogen) atoms. The number of aromatic nitrogens is 7. The highest BCUT2D eigenvalue weighted by Crippen LogP contribution is 2.32. The Morgan fingerprint density at radius 2 is 1.97 bits per heavy atom. The van der Waals surface area contributed by atoms with Crippen LogP contribution in [0.5, 0.6) is 0 Å². The number of aromatic amines is 1. The zero-order valence-electron chi connectivity index (χ0n) is 19.9. The van der Waals surface area contributed by atoms with Crippen LogP contribution in [-0.2, 0) is 7.05 Å². The van der Waals surface area contributed by atoms with Crippen molar-refractivity contribution in [1.29, 1.82) is 0 Å². The molecule has 5 rings (SSSR count). The van der Waals surface area contributed by atoms with E-state index < -0.39 is 0 Å². The first kappa shape index (κ1) is 21.6. The van der Waals surface area contributed by atoms with Crippen LogP contribution in [0, 0.1) is 6.92 Å². The number of piperazine rings is 1. The first-order valence-corrected chi connectivity index (χ1v) is 11.7. The van der Waals surface area contributed by atoms with E-state index >= 15 is 0 Å². The number of aryl methyl sites for hydroxylation is 2. The third-order valence-electron chi connectivity index (χ3n) is 7.04. The summed E-state index contributed by atoms with van der Waals surface area (Å²) < 4.78 is 3.37. The van der Waals surface area contributed by atoms with Crippen molar-refractivity contribution < 1.29 is 0 Å². The summed E-state index contributed by atoms with van der Waals surface area (Å²) in [5, 5.41) is 11.7. The van der Waals surface area contributed by atoms with Gasteiger partial charge in [-0.15, -0.1) is 0 Å². The Kier molecular flexibility index (Phi) is 5.40. The van der Waals surface area contributed by atoms with Gasteiger partial charge in [0, 0.05) is 50.5 Å². The van der Waals surface area contributed by atoms with Gasteiger partial charge in [-0.1, -0.05) is 13.8 Å². The Morgan fingerprint density at radius 1 is 1.18 bits per heavy atom. The van der Waals surface area contributed by atoms with Gasteiger partial charge in [-0.05, 0) is 32.8 Å². The Bertz CT molecular complexity index is 1350. The van der Waals surface area contributed by atoms with E-state index in [4.69, 9.17) is 4.98 Å². The van der Waals surface area contributed by atoms with Crippen molar-refractivity contribution in [2.75, 3.05) is 18.0 Å². The molecule has 4 aromatic heterocycles. The topological polar surface area (TPSA) is 100 Å². The fourth-order valence-electron chi connectivity index (χ4n) is 5.07. The van der Waals surface area contributed by atoms with E-state index in [1.54, 1.807) is 17.8 Å². The van der Waals surface area contributed by atoms with Gasteiger partial charge in [0.2, 0.25) is 0 Å². The monoisotopic (exact) mass is 449 g/mol. The molecule has 5 heterocycles. The molecule has 0 radical (unpaired) electrons. The quantitative estimate of drug-likeness (QED) is 0.499. The smallest absolute Gasteiger partial charge is 0.349 e. The van der Waals surface area contributed by atoms with Crippen molar-refractivity contribution in [3.8, 4) is 0 Å². The largest absolute Gasteiger partial charge is 0.349 e. The lowest BCUT2D eigenvalue weighted by Gasteiger charge is -2.48. The van der Waals surface area contributed by atoms with E-state index in [0.717, 1.165) is 54.0 Å². The summed E-state index contributed by atoms with van der Waals surface area (Å²) in [5.41, 5.74) is 4.22. The number of hydrogen-bond donors (Lipinski definition) is 1. The number of nitrogens with one attached hydrogen (secondary N) is 1. The molecule has 0 saturated carbocycles. The molecule has 1 aliphatic rings. The highest BCUT2D eigenvalue weighted by Gasteiger charge is 2.37. The molecule has 1 N–H and O–H groups in total. The number of nitrogens with zero attached hydrogens (tertiary/aromatic N) is 8. The standard InChI is InChI=1S/C23H31N9O/c1-6-16-13-31(22-21-19(11-24-27-21)29(5)23(33)26-22)17(7-2)12-30(16)15(4)18-8-9-32-20(25-18)10-14(3)28-32/h8-11,15-17H,6-7,12-13H2,1-5H3,(H,24,27)/t15?,16-,17+/m1/s1. The average molecular weight is 450 g/mol. The number of fused-ring (bicyclic) bond motifs is 2. The van der Waals surface area contributed by atoms with Crippen LogP contribution in [0.1, 0.15) is 51.0 Å². The number of anilines is 1. The molecule has 1 fully saturated rings. The number of H-pyrrole nitrogens is 1. The Balaban J connectivity index is 1.49. The van der Waals surface area contributed by atoms with Gasteiger partial charge < -0.3 is 4.90 Å². The van der Waals surface area contributed by atoms with Crippen LogP contribution in [0.25, 0.3) is 16.7 Å². The van der Waals surface area contributed by atoms with E-state index in [-0.39, 0.29) is 17.8 Å². The molecular formula is C23H31N9O. The van der Waals surface area contributed by atoms with Crippen molar-refractivity contribution in [2.45, 2.75) is 58.7 Å². The molecule has 4 aromatic rings. The zero-order chi connectivity index (χ0) is 23.3. The van der Waals surface area contributed by atoms with Gasteiger partial charge in [0.15, 0.2) is 11.5 Å². The summed E-state index contributed by atoms with van der Waals surface area (Å²) in [5.74, 6) is 0.706. The second-order valence-electron chi connectivity index (χ2n) is 9.00. The lowest BCUT2D eigenvalue weighted by molar-refractivity contribution is 0.0988. The summed E-state index contributed by atoms with van der Waals surface area (Å²) in [6, 6.07) is 4.77. The van der Waals surface area contributed by atoms with Gasteiger partial charge in [-0.25, -0.2) is 14.3 Å². The third-order valence-corrected chi connectivity index (χ3v) is 7.04. The first-order chi connectivity index (χ1) is 15.9. The SMILES string of the molecule is CC[C@H]1CN(C(C)c2ccn3nc(C)cc3n2)[C@H](CC)CN1c1nc(=O)n(C)c2cn[nH]c12. The van der Waals surface area contributed by atoms with Crippen LogP contribution in [0.15, 0.2) is 29.3 Å². The fourth-order valence-corrected chi connectivity index (χ4v) is 5.07. The molecule has 1 unspecified atom stereocenters. The van der Waals surface area contributed by atoms with Gasteiger partial charge in [0.05, 0.1) is 23.1 Å². The molecule has 0 bridgehead atoms. The molecule has 10 heteroatoms. The molecule has 10 nitrogen and oxygen atoms in total. The molecule has 1 aliphatic heterocycles. The van der Waals surface area contributed by atoms with Crippen molar-refractivity contribution in [1.82, 2.24) is 39.2 Å². The van der Waals surface area contributed by atoms with Gasteiger partial charge >= 0.3 is 5.69 Å². The van der Waals surface area contributed by atoms with Crippen LogP contribution in [-0.4, -0.2) is 64.4 Å². The minimum atomic E-state index is -0.258. The summed E-state index contributed by atoms with van der Waals surface area (Å²) in [7, 11) is 1.73. The summed E-state index contributed by atoms with van der Waals surface area (Å²) in [4.78, 5) is 26.8. The van der Waals surface area contributed by atoms with Crippen LogP contribution < -0.4 is 10.6 Å². The predicted molar refractivity (Wildman–Crippen MR) is 127 cm³/mol. The van der Waals surface area contributed by atoms with E-state index in [2.05, 4.69) is 56.9 Å². The highest BCUT2D eigenvalue weighted by atomic mass is 16.1. The third kappa shape index (κ3) is 3.58. The molecule has 3 atom stereocenters. The summed E-state index contributed by atoms with van der Waals surface area (Å²) in [6.45, 7) is 10.3. The maximum Gasteiger partial charge on any atom is 0.349 e. The second kappa shape index (κ2) is 8.26. The number of hydrogen-bond acceptors (Lipinski definition) is 7. The normalized spacial score (nSPS) is 20.7. The van der Waals surface area contributed by atoms with Crippen LogP contribution in [0.3, 0.4) is 0 Å². The van der Waals surface area contributed by atoms with Gasteiger partial charge in [-0.3, -0.25) is 14.6 Å². The van der Waals surface area contributed by atoms with Crippen LogP contribution in [0.2, 0.25) is 0 Å². The molecule has 0 aromatic carbocycles. The minimum absolute atomic E-state index is 0.162. The molecule has 0 spiro atoms. The Labute approximate surface area is 192 Å². The summed E-state index contributed by atoms with van der Waals surface area (Å²) >= 11 is 0. The maximum atomic E-state index is 12.6. The van der Waals surface area contributed by atoms with E-state index in [1.165, 1.54) is 0 Å². The maximum absolute atomic E-state index is 12.6. The van der Waals surface area contributed by atoms with Crippen molar-refractivity contribution in [3.63, 3.8) is 0 Å². The number of rotatable bonds is 5. The minimum Gasteiger partial charge on any atom is -0.349 e. The molecule has 0 amide bonds. The van der Waals surface area contributed by atoms with E-state index in [0.29, 0.717) is 11.9 Å². The first-order valence-electron chi connectivity index (χ1n) is 11.7. The Morgan fingerprint density at radius 3 is 2.73 bits per heavy atom. The van der Waals surface area contributed by atoms with Gasteiger partial charge in [0.25, 0.3) is 0 Å². The van der Waals surface area contributed by atoms with E-state index in [9.17, 15) is 4.79 Å². The fraction of sp³-hybridized carbons (Fsp3) is 0.522. The predicted octanol–water partition coefficient (Wildman–Crippen LogP) is 2.45. The lowest BCUT2D eigenvalue weighted by Crippen LogP contribution is -2.59. The average Bonchev–Trinajstić information content (AvgIpc) is 3.45. The Hall–Kier alpha value is -3.27. The molecular weight excluding hydrogens is 418 g/mol. The van der Waals surface area contributed by atoms with Crippen molar-refractivity contribution in [3.05, 3.63) is 46.4 Å². The van der Waals surface area contributed by atoms with Crippen LogP contribution in [0.4, 0.5) is 5.82 Å². The second-order valence-corrected chi connectivity index (χ2v) is 9.00. The van der Waals surface area contributed by atoms with E-state index in [1.807, 2.05) is 23.7 Å². The highest BCUT2D eigenvalue weighted by molar-refractivity contribution is 5.85. The van der Waals surface area contributed by atoms with Crippen molar-refractivity contribution >= 4 is 22.5 Å². The van der Waals surface area contributed by atoms with Gasteiger partial charge in [0.1, 0.15) is 5.52 Å². The molecule has 1 saturated heterocycles. The van der Waals surface area contributed by atoms with Crippen LogP contribution >= 0.6 is 0 Å². The zero-order valence-corrected chi connectivity index (χ0v) is 19.9. The lowest BCUT2D eigenvalue weighted by atomic mass is 9.99.